The third-order valence-corrected chi connectivity index (χ3v) is 4.66. The Bertz CT molecular complexity index is 495. The van der Waals surface area contributed by atoms with Gasteiger partial charge in [-0.25, -0.2) is 0 Å². The Balaban J connectivity index is 1.81. The van der Waals surface area contributed by atoms with Crippen molar-refractivity contribution in [3.8, 4) is 5.75 Å². The summed E-state index contributed by atoms with van der Waals surface area (Å²) in [5.41, 5.74) is 1.69. The SMILES string of the molecule is CC1(C(O)Cc2cc(Cl)cc3c2OCC3)CCCCO1. The summed E-state index contributed by atoms with van der Waals surface area (Å²) in [6, 6.07) is 3.86. The summed E-state index contributed by atoms with van der Waals surface area (Å²) in [7, 11) is 0. The van der Waals surface area contributed by atoms with Gasteiger partial charge in [0.2, 0.25) is 0 Å². The first-order valence-electron chi connectivity index (χ1n) is 7.35. The molecule has 0 radical (unpaired) electrons. The maximum absolute atomic E-state index is 10.6. The van der Waals surface area contributed by atoms with Crippen LogP contribution in [0.25, 0.3) is 0 Å². The molecule has 0 saturated carbocycles. The van der Waals surface area contributed by atoms with E-state index in [-0.39, 0.29) is 0 Å². The molecule has 0 aromatic heterocycles. The average molecular weight is 297 g/mol. The van der Waals surface area contributed by atoms with Crippen LogP contribution in [0.4, 0.5) is 0 Å². The predicted octanol–water partition coefficient (Wildman–Crippen LogP) is 3.14. The van der Waals surface area contributed by atoms with Crippen LogP contribution in [-0.4, -0.2) is 30.0 Å². The lowest BCUT2D eigenvalue weighted by atomic mass is 9.86. The summed E-state index contributed by atoms with van der Waals surface area (Å²) in [5.74, 6) is 0.910. The Hall–Kier alpha value is -0.770. The van der Waals surface area contributed by atoms with Crippen molar-refractivity contribution < 1.29 is 14.6 Å². The Kier molecular flexibility index (Phi) is 3.93. The standard InChI is InChI=1S/C16H21ClO3/c1-16(5-2-3-6-20-16)14(18)10-12-9-13(17)8-11-4-7-19-15(11)12/h8-9,14,18H,2-7,10H2,1H3. The van der Waals surface area contributed by atoms with Gasteiger partial charge >= 0.3 is 0 Å². The van der Waals surface area contributed by atoms with Crippen LogP contribution in [0, 0.1) is 0 Å². The number of fused-ring (bicyclic) bond motifs is 1. The molecule has 0 bridgehead atoms. The highest BCUT2D eigenvalue weighted by Crippen LogP contribution is 2.36. The molecule has 0 spiro atoms. The molecule has 2 aliphatic heterocycles. The Labute approximate surface area is 124 Å². The van der Waals surface area contributed by atoms with Crippen LogP contribution in [0.1, 0.15) is 37.3 Å². The van der Waals surface area contributed by atoms with Gasteiger partial charge in [0, 0.05) is 24.5 Å². The number of halogens is 1. The number of hydrogen-bond acceptors (Lipinski definition) is 3. The van der Waals surface area contributed by atoms with Gasteiger partial charge in [-0.3, -0.25) is 0 Å². The molecular formula is C16H21ClO3. The lowest BCUT2D eigenvalue weighted by molar-refractivity contribution is -0.135. The summed E-state index contributed by atoms with van der Waals surface area (Å²) in [6.45, 7) is 3.44. The second-order valence-electron chi connectivity index (χ2n) is 5.99. The van der Waals surface area contributed by atoms with Gasteiger partial charge in [0.15, 0.2) is 0 Å². The van der Waals surface area contributed by atoms with Gasteiger partial charge in [-0.05, 0) is 49.4 Å². The van der Waals surface area contributed by atoms with Crippen LogP contribution in [-0.2, 0) is 17.6 Å². The van der Waals surface area contributed by atoms with Crippen LogP contribution >= 0.6 is 11.6 Å². The predicted molar refractivity (Wildman–Crippen MR) is 78.6 cm³/mol. The maximum atomic E-state index is 10.6. The topological polar surface area (TPSA) is 38.7 Å². The lowest BCUT2D eigenvalue weighted by Crippen LogP contribution is -2.45. The van der Waals surface area contributed by atoms with Crippen molar-refractivity contribution in [3.63, 3.8) is 0 Å². The average Bonchev–Trinajstić information content (AvgIpc) is 2.87. The fraction of sp³-hybridized carbons (Fsp3) is 0.625. The summed E-state index contributed by atoms with van der Waals surface area (Å²) in [5, 5.41) is 11.3. The van der Waals surface area contributed by atoms with Gasteiger partial charge < -0.3 is 14.6 Å². The van der Waals surface area contributed by atoms with E-state index in [9.17, 15) is 5.11 Å². The molecule has 2 unspecified atom stereocenters. The van der Waals surface area contributed by atoms with Crippen molar-refractivity contribution in [1.82, 2.24) is 0 Å². The largest absolute Gasteiger partial charge is 0.493 e. The minimum absolute atomic E-state index is 0.452. The fourth-order valence-electron chi connectivity index (χ4n) is 3.14. The van der Waals surface area contributed by atoms with Crippen molar-refractivity contribution >= 4 is 11.6 Å². The van der Waals surface area contributed by atoms with E-state index in [1.807, 2.05) is 19.1 Å². The molecule has 0 amide bonds. The number of benzene rings is 1. The number of aliphatic hydroxyl groups excluding tert-OH is 1. The summed E-state index contributed by atoms with van der Waals surface area (Å²) in [4.78, 5) is 0. The first-order chi connectivity index (χ1) is 9.58. The smallest absolute Gasteiger partial charge is 0.126 e. The van der Waals surface area contributed by atoms with Crippen LogP contribution < -0.4 is 4.74 Å². The number of hydrogen-bond donors (Lipinski definition) is 1. The van der Waals surface area contributed by atoms with E-state index in [0.717, 1.165) is 49.2 Å². The zero-order valence-corrected chi connectivity index (χ0v) is 12.6. The highest BCUT2D eigenvalue weighted by atomic mass is 35.5. The molecular weight excluding hydrogens is 276 g/mol. The summed E-state index contributed by atoms with van der Waals surface area (Å²) in [6.07, 6.45) is 3.98. The molecule has 1 saturated heterocycles. The van der Waals surface area contributed by atoms with Crippen molar-refractivity contribution in [1.29, 1.82) is 0 Å². The molecule has 3 nitrogen and oxygen atoms in total. The van der Waals surface area contributed by atoms with Crippen molar-refractivity contribution in [3.05, 3.63) is 28.3 Å². The molecule has 0 aliphatic carbocycles. The molecule has 1 aromatic carbocycles. The molecule has 2 aliphatic rings. The molecule has 1 N–H and O–H groups in total. The van der Waals surface area contributed by atoms with E-state index in [2.05, 4.69) is 0 Å². The Morgan fingerprint density at radius 1 is 1.35 bits per heavy atom. The van der Waals surface area contributed by atoms with E-state index < -0.39 is 11.7 Å². The quantitative estimate of drug-likeness (QED) is 0.931. The van der Waals surface area contributed by atoms with Crippen LogP contribution in [0.2, 0.25) is 5.02 Å². The highest BCUT2D eigenvalue weighted by molar-refractivity contribution is 6.30. The van der Waals surface area contributed by atoms with E-state index in [1.54, 1.807) is 0 Å². The maximum Gasteiger partial charge on any atom is 0.126 e. The number of ether oxygens (including phenoxy) is 2. The third kappa shape index (κ3) is 2.67. The number of rotatable bonds is 3. The van der Waals surface area contributed by atoms with Crippen LogP contribution in [0.15, 0.2) is 12.1 Å². The first kappa shape index (κ1) is 14.2. The molecule has 4 heteroatoms. The van der Waals surface area contributed by atoms with Crippen LogP contribution in [0.5, 0.6) is 5.75 Å². The highest BCUT2D eigenvalue weighted by Gasteiger charge is 2.36. The molecule has 3 rings (SSSR count). The van der Waals surface area contributed by atoms with Gasteiger partial charge in [0.25, 0.3) is 0 Å². The summed E-state index contributed by atoms with van der Waals surface area (Å²) >= 11 is 6.16. The minimum Gasteiger partial charge on any atom is -0.493 e. The second kappa shape index (κ2) is 5.55. The van der Waals surface area contributed by atoms with E-state index in [1.165, 1.54) is 0 Å². The zero-order chi connectivity index (χ0) is 14.2. The molecule has 2 heterocycles. The Morgan fingerprint density at radius 2 is 2.20 bits per heavy atom. The van der Waals surface area contributed by atoms with Gasteiger partial charge in [-0.2, -0.15) is 0 Å². The van der Waals surface area contributed by atoms with Crippen molar-refractivity contribution in [2.24, 2.45) is 0 Å². The zero-order valence-electron chi connectivity index (χ0n) is 11.8. The van der Waals surface area contributed by atoms with Gasteiger partial charge in [-0.1, -0.05) is 11.6 Å². The first-order valence-corrected chi connectivity index (χ1v) is 7.72. The lowest BCUT2D eigenvalue weighted by Gasteiger charge is -2.38. The molecule has 1 fully saturated rings. The van der Waals surface area contributed by atoms with Crippen LogP contribution in [0.3, 0.4) is 0 Å². The number of aliphatic hydroxyl groups is 1. The Morgan fingerprint density at radius 3 is 2.95 bits per heavy atom. The van der Waals surface area contributed by atoms with Crippen molar-refractivity contribution in [2.45, 2.75) is 50.7 Å². The van der Waals surface area contributed by atoms with E-state index >= 15 is 0 Å². The fourth-order valence-corrected chi connectivity index (χ4v) is 3.40. The summed E-state index contributed by atoms with van der Waals surface area (Å²) < 4.78 is 11.5. The second-order valence-corrected chi connectivity index (χ2v) is 6.43. The third-order valence-electron chi connectivity index (χ3n) is 4.44. The molecule has 20 heavy (non-hydrogen) atoms. The van der Waals surface area contributed by atoms with E-state index in [4.69, 9.17) is 21.1 Å². The molecule has 1 aromatic rings. The van der Waals surface area contributed by atoms with Gasteiger partial charge in [0.05, 0.1) is 18.3 Å². The normalized spacial score (nSPS) is 26.9. The molecule has 110 valence electrons. The van der Waals surface area contributed by atoms with Gasteiger partial charge in [0.1, 0.15) is 5.75 Å². The van der Waals surface area contributed by atoms with Gasteiger partial charge in [-0.15, -0.1) is 0 Å². The van der Waals surface area contributed by atoms with Crippen molar-refractivity contribution in [2.75, 3.05) is 13.2 Å². The molecule has 2 atom stereocenters. The van der Waals surface area contributed by atoms with E-state index in [0.29, 0.717) is 18.1 Å². The monoisotopic (exact) mass is 296 g/mol. The minimum atomic E-state index is -0.533.